The Morgan fingerprint density at radius 1 is 0.952 bits per heavy atom. The minimum absolute atomic E-state index is 0. The average Bonchev–Trinajstić information content (AvgIpc) is 2.35. The molecule has 0 saturated carbocycles. The molecule has 0 radical (unpaired) electrons. The summed E-state index contributed by atoms with van der Waals surface area (Å²) in [5.41, 5.74) is 0.695. The summed E-state index contributed by atoms with van der Waals surface area (Å²) in [5, 5.41) is 26.7. The number of hydrogen-bond donors (Lipinski definition) is 3. The van der Waals surface area contributed by atoms with E-state index in [0.29, 0.717) is 5.56 Å². The van der Waals surface area contributed by atoms with Gasteiger partial charge in [0.25, 0.3) is 0 Å². The van der Waals surface area contributed by atoms with Crippen molar-refractivity contribution in [3.63, 3.8) is 0 Å². The molecular formula is C13H16NNaO6. The van der Waals surface area contributed by atoms with E-state index in [0.717, 1.165) is 4.90 Å². The molecule has 7 nitrogen and oxygen atoms in total. The van der Waals surface area contributed by atoms with Crippen molar-refractivity contribution in [2.24, 2.45) is 0 Å². The summed E-state index contributed by atoms with van der Waals surface area (Å²) in [5.74, 6) is -3.80. The first-order chi connectivity index (χ1) is 9.40. The summed E-state index contributed by atoms with van der Waals surface area (Å²) in [6.07, 6.45) is 0.0384. The molecule has 1 aromatic rings. The van der Waals surface area contributed by atoms with Crippen LogP contribution >= 0.6 is 0 Å². The maximum atomic E-state index is 11.3. The van der Waals surface area contributed by atoms with Gasteiger partial charge in [0, 0.05) is 0 Å². The van der Waals surface area contributed by atoms with E-state index >= 15 is 0 Å². The third-order valence-corrected chi connectivity index (χ3v) is 2.67. The molecule has 0 aromatic heterocycles. The van der Waals surface area contributed by atoms with Crippen LogP contribution in [0.2, 0.25) is 0 Å². The van der Waals surface area contributed by atoms with Crippen LogP contribution in [-0.4, -0.2) is 86.8 Å². The Morgan fingerprint density at radius 2 is 1.43 bits per heavy atom. The van der Waals surface area contributed by atoms with Crippen LogP contribution < -0.4 is 0 Å². The van der Waals surface area contributed by atoms with Crippen LogP contribution in [0.5, 0.6) is 0 Å². The Balaban J connectivity index is 0.00000400. The molecule has 110 valence electrons. The molecule has 21 heavy (non-hydrogen) atoms. The molecule has 0 bridgehead atoms. The molecule has 1 rings (SSSR count). The SMILES string of the molecule is O=C(O)CN(CC(=O)O)[C@@H](Cc1ccccc1)C(=O)O.[NaH]. The zero-order chi connectivity index (χ0) is 15.1. The zero-order valence-corrected chi connectivity index (χ0v) is 10.6. The topological polar surface area (TPSA) is 115 Å². The number of carboxylic acid groups (broad SMARTS) is 3. The van der Waals surface area contributed by atoms with E-state index in [1.807, 2.05) is 0 Å². The van der Waals surface area contributed by atoms with Gasteiger partial charge in [0.15, 0.2) is 0 Å². The van der Waals surface area contributed by atoms with Gasteiger partial charge < -0.3 is 15.3 Å². The van der Waals surface area contributed by atoms with E-state index in [9.17, 15) is 19.5 Å². The molecule has 1 atom stereocenters. The third kappa shape index (κ3) is 7.24. The van der Waals surface area contributed by atoms with Gasteiger partial charge >= 0.3 is 47.5 Å². The maximum absolute atomic E-state index is 11.3. The molecule has 0 aliphatic heterocycles. The molecule has 1 aromatic carbocycles. The second kappa shape index (κ2) is 9.51. The van der Waals surface area contributed by atoms with Gasteiger partial charge in [-0.25, -0.2) is 0 Å². The monoisotopic (exact) mass is 305 g/mol. The molecule has 0 amide bonds. The summed E-state index contributed by atoms with van der Waals surface area (Å²) in [6, 6.07) is 7.43. The van der Waals surface area contributed by atoms with Crippen LogP contribution in [-0.2, 0) is 20.8 Å². The van der Waals surface area contributed by atoms with Gasteiger partial charge in [0.05, 0.1) is 13.1 Å². The van der Waals surface area contributed by atoms with Crippen LogP contribution in [0.15, 0.2) is 30.3 Å². The van der Waals surface area contributed by atoms with Crippen molar-refractivity contribution < 1.29 is 29.7 Å². The van der Waals surface area contributed by atoms with Gasteiger partial charge in [-0.1, -0.05) is 30.3 Å². The van der Waals surface area contributed by atoms with Crippen molar-refractivity contribution >= 4 is 47.5 Å². The standard InChI is InChI=1S/C13H15NO6.Na.H/c15-11(16)7-14(8-12(17)18)10(13(19)20)6-9-4-2-1-3-5-9;;/h1-5,10H,6-8H2,(H,15,16)(H,17,18)(H,19,20);;/t10-;;/m0../s1. The summed E-state index contributed by atoms with van der Waals surface area (Å²) in [4.78, 5) is 33.7. The molecule has 0 fully saturated rings. The first-order valence-corrected chi connectivity index (χ1v) is 5.84. The predicted octanol–water partition coefficient (Wildman–Crippen LogP) is -0.495. The Labute approximate surface area is 143 Å². The first kappa shape index (κ1) is 19.6. The Bertz CT molecular complexity index is 477. The number of rotatable bonds is 8. The molecule has 0 heterocycles. The van der Waals surface area contributed by atoms with E-state index in [2.05, 4.69) is 0 Å². The number of carbonyl (C=O) groups is 3. The van der Waals surface area contributed by atoms with Gasteiger partial charge in [-0.15, -0.1) is 0 Å². The fourth-order valence-electron chi connectivity index (χ4n) is 1.83. The summed E-state index contributed by atoms with van der Waals surface area (Å²) >= 11 is 0. The molecule has 0 saturated heterocycles. The van der Waals surface area contributed by atoms with Crippen LogP contribution in [0.3, 0.4) is 0 Å². The Kier molecular flexibility index (Phi) is 8.87. The fourth-order valence-corrected chi connectivity index (χ4v) is 1.83. The summed E-state index contributed by atoms with van der Waals surface area (Å²) < 4.78 is 0. The molecule has 3 N–H and O–H groups in total. The Hall–Kier alpha value is -1.41. The predicted molar refractivity (Wildman–Crippen MR) is 75.6 cm³/mol. The molecule has 0 spiro atoms. The number of carboxylic acids is 3. The van der Waals surface area contributed by atoms with Crippen molar-refractivity contribution in [1.82, 2.24) is 4.90 Å². The fraction of sp³-hybridized carbons (Fsp3) is 0.308. The number of benzene rings is 1. The van der Waals surface area contributed by atoms with Crippen molar-refractivity contribution in [1.29, 1.82) is 0 Å². The van der Waals surface area contributed by atoms with Gasteiger partial charge in [-0.05, 0) is 12.0 Å². The van der Waals surface area contributed by atoms with E-state index in [1.54, 1.807) is 30.3 Å². The van der Waals surface area contributed by atoms with E-state index in [-0.39, 0.29) is 36.0 Å². The van der Waals surface area contributed by atoms with Gasteiger partial charge in [-0.2, -0.15) is 0 Å². The van der Waals surface area contributed by atoms with Crippen molar-refractivity contribution in [2.75, 3.05) is 13.1 Å². The Morgan fingerprint density at radius 3 is 1.81 bits per heavy atom. The second-order valence-corrected chi connectivity index (χ2v) is 4.24. The third-order valence-electron chi connectivity index (χ3n) is 2.67. The van der Waals surface area contributed by atoms with Crippen molar-refractivity contribution in [3.05, 3.63) is 35.9 Å². The first-order valence-electron chi connectivity index (χ1n) is 5.84. The number of nitrogens with zero attached hydrogens (tertiary/aromatic N) is 1. The number of hydrogen-bond acceptors (Lipinski definition) is 4. The van der Waals surface area contributed by atoms with E-state index < -0.39 is 37.0 Å². The summed E-state index contributed by atoms with van der Waals surface area (Å²) in [6.45, 7) is -1.29. The normalized spacial score (nSPS) is 11.5. The minimum atomic E-state index is -1.27. The zero-order valence-electron chi connectivity index (χ0n) is 10.6. The van der Waals surface area contributed by atoms with Crippen LogP contribution in [0, 0.1) is 0 Å². The van der Waals surface area contributed by atoms with Crippen LogP contribution in [0.4, 0.5) is 0 Å². The second-order valence-electron chi connectivity index (χ2n) is 4.24. The quantitative estimate of drug-likeness (QED) is 0.555. The van der Waals surface area contributed by atoms with Crippen molar-refractivity contribution in [3.8, 4) is 0 Å². The van der Waals surface area contributed by atoms with Crippen LogP contribution in [0.25, 0.3) is 0 Å². The molecule has 0 aliphatic carbocycles. The van der Waals surface area contributed by atoms with Gasteiger partial charge in [-0.3, -0.25) is 19.3 Å². The van der Waals surface area contributed by atoms with E-state index in [1.165, 1.54) is 0 Å². The van der Waals surface area contributed by atoms with E-state index in [4.69, 9.17) is 10.2 Å². The van der Waals surface area contributed by atoms with Crippen LogP contribution in [0.1, 0.15) is 5.56 Å². The van der Waals surface area contributed by atoms with Gasteiger partial charge in [0.1, 0.15) is 6.04 Å². The molecule has 8 heteroatoms. The molecule has 0 aliphatic rings. The molecular weight excluding hydrogens is 289 g/mol. The average molecular weight is 305 g/mol. The van der Waals surface area contributed by atoms with Gasteiger partial charge in [0.2, 0.25) is 0 Å². The number of aliphatic carboxylic acids is 3. The molecule has 0 unspecified atom stereocenters. The summed E-state index contributed by atoms with van der Waals surface area (Å²) in [7, 11) is 0. The van der Waals surface area contributed by atoms with Crippen molar-refractivity contribution in [2.45, 2.75) is 12.5 Å².